The topological polar surface area (TPSA) is 30.5 Å². The standard InChI is InChI=1S/C13H14F3NO2/c1-12(15,16)11-9-6-19-17-13(9,7-18-11)8-4-2-3-5-10(8)14/h2-5,9,11,17H,6-7H2,1H3/t9-,11+,13-/m1/s1. The van der Waals surface area contributed by atoms with Crippen LogP contribution in [0.2, 0.25) is 0 Å². The summed E-state index contributed by atoms with van der Waals surface area (Å²) in [7, 11) is 0. The maximum absolute atomic E-state index is 14.0. The SMILES string of the molecule is CC(F)(F)[C@H]1OC[C@]2(c3ccccc3F)NOC[C@H]12. The van der Waals surface area contributed by atoms with Crippen molar-refractivity contribution < 1.29 is 22.7 Å². The third-order valence-corrected chi connectivity index (χ3v) is 3.86. The summed E-state index contributed by atoms with van der Waals surface area (Å²) in [6, 6.07) is 6.10. The van der Waals surface area contributed by atoms with Crippen molar-refractivity contribution in [2.24, 2.45) is 5.92 Å². The molecule has 0 aromatic heterocycles. The summed E-state index contributed by atoms with van der Waals surface area (Å²) in [5, 5.41) is 0. The highest BCUT2D eigenvalue weighted by molar-refractivity contribution is 5.30. The Bertz CT molecular complexity index is 491. The summed E-state index contributed by atoms with van der Waals surface area (Å²) in [5.74, 6) is -4.06. The van der Waals surface area contributed by atoms with E-state index in [2.05, 4.69) is 5.48 Å². The second kappa shape index (κ2) is 4.19. The molecule has 6 heteroatoms. The number of hydrogen-bond acceptors (Lipinski definition) is 3. The van der Waals surface area contributed by atoms with E-state index in [1.54, 1.807) is 18.2 Å². The van der Waals surface area contributed by atoms with Crippen molar-refractivity contribution >= 4 is 0 Å². The van der Waals surface area contributed by atoms with Gasteiger partial charge in [0.05, 0.1) is 13.2 Å². The van der Waals surface area contributed by atoms with Gasteiger partial charge in [0.2, 0.25) is 0 Å². The second-order valence-corrected chi connectivity index (χ2v) is 5.16. The highest BCUT2D eigenvalue weighted by Gasteiger charge is 2.61. The lowest BCUT2D eigenvalue weighted by atomic mass is 9.78. The Kier molecular flexibility index (Phi) is 2.85. The fourth-order valence-corrected chi connectivity index (χ4v) is 2.95. The molecule has 0 saturated carbocycles. The predicted octanol–water partition coefficient (Wildman–Crippen LogP) is 2.23. The highest BCUT2D eigenvalue weighted by atomic mass is 19.3. The summed E-state index contributed by atoms with van der Waals surface area (Å²) in [6.45, 7) is 0.850. The van der Waals surface area contributed by atoms with E-state index < -0.39 is 29.3 Å². The maximum atomic E-state index is 14.0. The zero-order valence-electron chi connectivity index (χ0n) is 10.3. The van der Waals surface area contributed by atoms with E-state index in [9.17, 15) is 13.2 Å². The molecule has 2 aliphatic heterocycles. The molecule has 19 heavy (non-hydrogen) atoms. The van der Waals surface area contributed by atoms with Crippen LogP contribution in [-0.2, 0) is 15.1 Å². The van der Waals surface area contributed by atoms with Crippen molar-refractivity contribution in [3.05, 3.63) is 35.6 Å². The fourth-order valence-electron chi connectivity index (χ4n) is 2.95. The van der Waals surface area contributed by atoms with Gasteiger partial charge in [0.1, 0.15) is 17.5 Å². The molecule has 2 aliphatic rings. The molecule has 0 amide bonds. The van der Waals surface area contributed by atoms with Crippen LogP contribution in [0.25, 0.3) is 0 Å². The second-order valence-electron chi connectivity index (χ2n) is 5.16. The van der Waals surface area contributed by atoms with Gasteiger partial charge in [-0.3, -0.25) is 0 Å². The molecule has 0 aliphatic carbocycles. The molecule has 3 rings (SSSR count). The molecule has 1 N–H and O–H groups in total. The molecule has 3 atom stereocenters. The van der Waals surface area contributed by atoms with Crippen molar-refractivity contribution in [2.75, 3.05) is 13.2 Å². The van der Waals surface area contributed by atoms with E-state index in [0.717, 1.165) is 6.92 Å². The molecule has 2 fully saturated rings. The number of hydroxylamine groups is 1. The quantitative estimate of drug-likeness (QED) is 0.896. The van der Waals surface area contributed by atoms with Crippen molar-refractivity contribution in [3.8, 4) is 0 Å². The van der Waals surface area contributed by atoms with Gasteiger partial charge in [-0.15, -0.1) is 0 Å². The predicted molar refractivity (Wildman–Crippen MR) is 61.0 cm³/mol. The van der Waals surface area contributed by atoms with Crippen molar-refractivity contribution in [3.63, 3.8) is 0 Å². The lowest BCUT2D eigenvalue weighted by molar-refractivity contribution is -0.124. The summed E-state index contributed by atoms with van der Waals surface area (Å²) >= 11 is 0. The van der Waals surface area contributed by atoms with Crippen molar-refractivity contribution in [1.82, 2.24) is 5.48 Å². The number of nitrogens with one attached hydrogen (secondary N) is 1. The van der Waals surface area contributed by atoms with Crippen LogP contribution in [0.15, 0.2) is 24.3 Å². The number of halogens is 3. The van der Waals surface area contributed by atoms with Crippen LogP contribution in [0.5, 0.6) is 0 Å². The van der Waals surface area contributed by atoms with E-state index in [4.69, 9.17) is 9.57 Å². The van der Waals surface area contributed by atoms with Crippen LogP contribution >= 0.6 is 0 Å². The summed E-state index contributed by atoms with van der Waals surface area (Å²) in [5.41, 5.74) is 1.97. The van der Waals surface area contributed by atoms with Crippen LogP contribution in [0.4, 0.5) is 13.2 Å². The lowest BCUT2D eigenvalue weighted by Gasteiger charge is -2.28. The number of fused-ring (bicyclic) bond motifs is 1. The molecule has 1 aromatic rings. The minimum absolute atomic E-state index is 0.0350. The Morgan fingerprint density at radius 2 is 2.11 bits per heavy atom. The van der Waals surface area contributed by atoms with Crippen LogP contribution in [0.3, 0.4) is 0 Å². The molecule has 1 aromatic carbocycles. The zero-order chi connectivity index (χ0) is 13.7. The monoisotopic (exact) mass is 273 g/mol. The number of hydrogen-bond donors (Lipinski definition) is 1. The Labute approximate surface area is 108 Å². The van der Waals surface area contributed by atoms with Gasteiger partial charge in [-0.2, -0.15) is 5.48 Å². The van der Waals surface area contributed by atoms with Gasteiger partial charge in [0, 0.05) is 18.4 Å². The smallest absolute Gasteiger partial charge is 0.271 e. The third kappa shape index (κ3) is 1.86. The Hall–Kier alpha value is -1.11. The first kappa shape index (κ1) is 12.9. The van der Waals surface area contributed by atoms with E-state index in [0.29, 0.717) is 5.56 Å². The first-order valence-corrected chi connectivity index (χ1v) is 6.08. The van der Waals surface area contributed by atoms with E-state index in [1.165, 1.54) is 6.07 Å². The third-order valence-electron chi connectivity index (χ3n) is 3.86. The van der Waals surface area contributed by atoms with E-state index in [-0.39, 0.29) is 13.2 Å². The molecule has 2 heterocycles. The Morgan fingerprint density at radius 3 is 2.79 bits per heavy atom. The van der Waals surface area contributed by atoms with Crippen molar-refractivity contribution in [1.29, 1.82) is 0 Å². The van der Waals surface area contributed by atoms with Gasteiger partial charge in [-0.05, 0) is 6.07 Å². The van der Waals surface area contributed by atoms with Gasteiger partial charge in [0.15, 0.2) is 0 Å². The number of ether oxygens (including phenoxy) is 1. The summed E-state index contributed by atoms with van der Waals surface area (Å²) in [6.07, 6.45) is -1.28. The minimum atomic E-state index is -2.99. The van der Waals surface area contributed by atoms with E-state index in [1.807, 2.05) is 0 Å². The normalized spacial score (nSPS) is 34.5. The average Bonchev–Trinajstić information content (AvgIpc) is 2.86. The summed E-state index contributed by atoms with van der Waals surface area (Å²) < 4.78 is 46.3. The zero-order valence-corrected chi connectivity index (χ0v) is 10.3. The minimum Gasteiger partial charge on any atom is -0.369 e. The molecule has 2 saturated heterocycles. The molecule has 104 valence electrons. The lowest BCUT2D eigenvalue weighted by Crippen LogP contribution is -2.45. The first-order chi connectivity index (χ1) is 8.95. The largest absolute Gasteiger partial charge is 0.369 e. The number of alkyl halides is 2. The molecule has 0 spiro atoms. The van der Waals surface area contributed by atoms with Gasteiger partial charge in [-0.25, -0.2) is 13.2 Å². The van der Waals surface area contributed by atoms with Crippen molar-refractivity contribution in [2.45, 2.75) is 24.5 Å². The Balaban J connectivity index is 2.03. The molecular weight excluding hydrogens is 259 g/mol. The van der Waals surface area contributed by atoms with Gasteiger partial charge in [0.25, 0.3) is 5.92 Å². The maximum Gasteiger partial charge on any atom is 0.271 e. The van der Waals surface area contributed by atoms with Crippen LogP contribution < -0.4 is 5.48 Å². The number of rotatable bonds is 2. The Morgan fingerprint density at radius 1 is 1.37 bits per heavy atom. The molecule has 0 bridgehead atoms. The fraction of sp³-hybridized carbons (Fsp3) is 0.538. The molecular formula is C13H14F3NO2. The van der Waals surface area contributed by atoms with Crippen LogP contribution in [0.1, 0.15) is 12.5 Å². The molecule has 0 radical (unpaired) electrons. The van der Waals surface area contributed by atoms with Crippen LogP contribution in [0, 0.1) is 11.7 Å². The number of benzene rings is 1. The highest BCUT2D eigenvalue weighted by Crippen LogP contribution is 2.47. The average molecular weight is 273 g/mol. The van der Waals surface area contributed by atoms with E-state index >= 15 is 0 Å². The summed E-state index contributed by atoms with van der Waals surface area (Å²) in [4.78, 5) is 5.12. The van der Waals surface area contributed by atoms with Gasteiger partial charge in [-0.1, -0.05) is 18.2 Å². The molecule has 3 nitrogen and oxygen atoms in total. The first-order valence-electron chi connectivity index (χ1n) is 6.08. The van der Waals surface area contributed by atoms with Crippen LogP contribution in [-0.4, -0.2) is 25.2 Å². The molecule has 0 unspecified atom stereocenters. The van der Waals surface area contributed by atoms with Gasteiger partial charge >= 0.3 is 0 Å². The van der Waals surface area contributed by atoms with Gasteiger partial charge < -0.3 is 9.57 Å².